The van der Waals surface area contributed by atoms with Gasteiger partial charge in [0, 0.05) is 30.1 Å². The first-order chi connectivity index (χ1) is 9.79. The van der Waals surface area contributed by atoms with Crippen LogP contribution in [0.1, 0.15) is 31.4 Å². The average molecular weight is 364 g/mol. The fourth-order valence-corrected chi connectivity index (χ4v) is 3.93. The standard InChI is InChI=1S/C15H21N3OS.2ClH/c19-15(10-20-9-13-3-1-2-6-16-13)18-14-7-11-4-5-12(8-14)17-11;;/h1-3,6,11-12,14,17H,4-5,7-10H2,(H,18,19);2*1H. The van der Waals surface area contributed by atoms with Crippen LogP contribution in [0.3, 0.4) is 0 Å². The zero-order chi connectivity index (χ0) is 13.8. The number of hydrogen-bond donors (Lipinski definition) is 2. The Labute approximate surface area is 148 Å². The summed E-state index contributed by atoms with van der Waals surface area (Å²) >= 11 is 1.63. The summed E-state index contributed by atoms with van der Waals surface area (Å²) in [7, 11) is 0. The van der Waals surface area contributed by atoms with Crippen LogP contribution in [-0.2, 0) is 10.5 Å². The van der Waals surface area contributed by atoms with Gasteiger partial charge in [0.2, 0.25) is 5.91 Å². The van der Waals surface area contributed by atoms with Gasteiger partial charge in [-0.2, -0.15) is 0 Å². The van der Waals surface area contributed by atoms with Gasteiger partial charge in [0.1, 0.15) is 0 Å². The molecule has 0 saturated carbocycles. The Hall–Kier alpha value is -0.490. The van der Waals surface area contributed by atoms with Gasteiger partial charge in [0.05, 0.1) is 11.4 Å². The maximum atomic E-state index is 12.0. The highest BCUT2D eigenvalue weighted by atomic mass is 35.5. The molecule has 7 heteroatoms. The lowest BCUT2D eigenvalue weighted by Gasteiger charge is -2.29. The summed E-state index contributed by atoms with van der Waals surface area (Å²) in [6.07, 6.45) is 6.51. The molecule has 2 N–H and O–H groups in total. The van der Waals surface area contributed by atoms with Crippen LogP contribution in [0, 0.1) is 0 Å². The minimum atomic E-state index is 0. The maximum absolute atomic E-state index is 12.0. The van der Waals surface area contributed by atoms with Gasteiger partial charge in [-0.15, -0.1) is 36.6 Å². The normalized spacial score (nSPS) is 25.7. The third-order valence-electron chi connectivity index (χ3n) is 4.05. The number of amides is 1. The van der Waals surface area contributed by atoms with Crippen LogP contribution in [0.15, 0.2) is 24.4 Å². The molecule has 1 aromatic heterocycles. The van der Waals surface area contributed by atoms with Gasteiger partial charge in [0.25, 0.3) is 0 Å². The Morgan fingerprint density at radius 3 is 2.64 bits per heavy atom. The molecule has 2 fully saturated rings. The second-order valence-electron chi connectivity index (χ2n) is 5.69. The van der Waals surface area contributed by atoms with Gasteiger partial charge in [0.15, 0.2) is 0 Å². The number of fused-ring (bicyclic) bond motifs is 2. The number of halogens is 2. The van der Waals surface area contributed by atoms with Crippen LogP contribution < -0.4 is 10.6 Å². The van der Waals surface area contributed by atoms with Gasteiger partial charge < -0.3 is 10.6 Å². The molecular formula is C15H23Cl2N3OS. The van der Waals surface area contributed by atoms with Crippen LogP contribution in [0.25, 0.3) is 0 Å². The van der Waals surface area contributed by atoms with E-state index in [2.05, 4.69) is 15.6 Å². The molecule has 2 aliphatic rings. The molecule has 0 aromatic carbocycles. The predicted octanol–water partition coefficient (Wildman–Crippen LogP) is 2.56. The zero-order valence-electron chi connectivity index (χ0n) is 12.4. The molecule has 4 nitrogen and oxygen atoms in total. The van der Waals surface area contributed by atoms with Crippen LogP contribution >= 0.6 is 36.6 Å². The van der Waals surface area contributed by atoms with Crippen LogP contribution in [0.4, 0.5) is 0 Å². The third kappa shape index (κ3) is 5.61. The number of pyridine rings is 1. The molecular weight excluding hydrogens is 341 g/mol. The van der Waals surface area contributed by atoms with E-state index < -0.39 is 0 Å². The molecule has 22 heavy (non-hydrogen) atoms. The molecule has 2 saturated heterocycles. The number of carbonyl (C=O) groups excluding carboxylic acids is 1. The van der Waals surface area contributed by atoms with Gasteiger partial charge in [-0.3, -0.25) is 9.78 Å². The Bertz CT molecular complexity index is 451. The number of rotatable bonds is 5. The number of nitrogens with one attached hydrogen (secondary N) is 2. The highest BCUT2D eigenvalue weighted by molar-refractivity contribution is 7.99. The fraction of sp³-hybridized carbons (Fsp3) is 0.600. The van der Waals surface area contributed by atoms with E-state index in [1.165, 1.54) is 12.8 Å². The number of piperidine rings is 1. The summed E-state index contributed by atoms with van der Waals surface area (Å²) in [4.78, 5) is 16.2. The lowest BCUT2D eigenvalue weighted by atomic mass is 10.00. The molecule has 124 valence electrons. The van der Waals surface area contributed by atoms with Gasteiger partial charge in [-0.1, -0.05) is 6.07 Å². The maximum Gasteiger partial charge on any atom is 0.230 e. The molecule has 0 spiro atoms. The molecule has 2 bridgehead atoms. The van der Waals surface area contributed by atoms with Gasteiger partial charge in [-0.05, 0) is 37.8 Å². The predicted molar refractivity (Wildman–Crippen MR) is 96.0 cm³/mol. The van der Waals surface area contributed by atoms with Crippen molar-refractivity contribution in [1.29, 1.82) is 0 Å². The summed E-state index contributed by atoms with van der Waals surface area (Å²) in [5.74, 6) is 1.49. The number of hydrogen-bond acceptors (Lipinski definition) is 4. The van der Waals surface area contributed by atoms with E-state index in [-0.39, 0.29) is 30.7 Å². The van der Waals surface area contributed by atoms with Crippen LogP contribution in [0.2, 0.25) is 0 Å². The molecule has 3 heterocycles. The van der Waals surface area contributed by atoms with Crippen molar-refractivity contribution in [1.82, 2.24) is 15.6 Å². The summed E-state index contributed by atoms with van der Waals surface area (Å²) in [5, 5.41) is 6.78. The first kappa shape index (κ1) is 19.6. The van der Waals surface area contributed by atoms with Gasteiger partial charge >= 0.3 is 0 Å². The first-order valence-corrected chi connectivity index (χ1v) is 8.48. The molecule has 0 radical (unpaired) electrons. The monoisotopic (exact) mass is 363 g/mol. The molecule has 3 rings (SSSR count). The van der Waals surface area contributed by atoms with E-state index in [4.69, 9.17) is 0 Å². The highest BCUT2D eigenvalue weighted by Crippen LogP contribution is 2.26. The number of aromatic nitrogens is 1. The quantitative estimate of drug-likeness (QED) is 0.843. The van der Waals surface area contributed by atoms with Crippen molar-refractivity contribution in [3.05, 3.63) is 30.1 Å². The highest BCUT2D eigenvalue weighted by Gasteiger charge is 2.33. The van der Waals surface area contributed by atoms with Crippen LogP contribution in [0.5, 0.6) is 0 Å². The topological polar surface area (TPSA) is 54.0 Å². The number of nitrogens with zero attached hydrogens (tertiary/aromatic N) is 1. The van der Waals surface area contributed by atoms with E-state index in [9.17, 15) is 4.79 Å². The first-order valence-electron chi connectivity index (χ1n) is 7.32. The smallest absolute Gasteiger partial charge is 0.230 e. The SMILES string of the molecule is Cl.Cl.O=C(CSCc1ccccn1)NC1CC2CCC(C1)N2. The summed E-state index contributed by atoms with van der Waals surface area (Å²) < 4.78 is 0. The largest absolute Gasteiger partial charge is 0.353 e. The average Bonchev–Trinajstić information content (AvgIpc) is 2.79. The minimum Gasteiger partial charge on any atom is -0.353 e. The Morgan fingerprint density at radius 2 is 2.00 bits per heavy atom. The molecule has 2 aliphatic heterocycles. The van der Waals surface area contributed by atoms with E-state index in [0.717, 1.165) is 24.3 Å². The Kier molecular flexibility index (Phi) is 8.54. The van der Waals surface area contributed by atoms with E-state index >= 15 is 0 Å². The molecule has 1 aromatic rings. The van der Waals surface area contributed by atoms with Crippen molar-refractivity contribution in [3.8, 4) is 0 Å². The summed E-state index contributed by atoms with van der Waals surface area (Å²) in [5.41, 5.74) is 1.03. The fourth-order valence-electron chi connectivity index (χ4n) is 3.18. The molecule has 2 unspecified atom stereocenters. The van der Waals surface area contributed by atoms with Crippen molar-refractivity contribution in [2.24, 2.45) is 0 Å². The second kappa shape index (κ2) is 9.60. The number of thioether (sulfide) groups is 1. The Morgan fingerprint density at radius 1 is 1.27 bits per heavy atom. The molecule has 1 amide bonds. The summed E-state index contributed by atoms with van der Waals surface area (Å²) in [6.45, 7) is 0. The van der Waals surface area contributed by atoms with Crippen molar-refractivity contribution in [2.75, 3.05) is 5.75 Å². The van der Waals surface area contributed by atoms with Gasteiger partial charge in [-0.25, -0.2) is 0 Å². The van der Waals surface area contributed by atoms with E-state index in [1.807, 2.05) is 18.2 Å². The van der Waals surface area contributed by atoms with E-state index in [0.29, 0.717) is 23.9 Å². The number of carbonyl (C=O) groups is 1. The minimum absolute atomic E-state index is 0. The Balaban J connectivity index is 0.00000121. The zero-order valence-corrected chi connectivity index (χ0v) is 14.8. The van der Waals surface area contributed by atoms with Crippen molar-refractivity contribution in [2.45, 2.75) is 49.6 Å². The summed E-state index contributed by atoms with van der Waals surface area (Å²) in [6, 6.07) is 7.51. The lowest BCUT2D eigenvalue weighted by Crippen LogP contribution is -2.48. The second-order valence-corrected chi connectivity index (χ2v) is 6.67. The van der Waals surface area contributed by atoms with E-state index in [1.54, 1.807) is 18.0 Å². The van der Waals surface area contributed by atoms with Crippen molar-refractivity contribution >= 4 is 42.5 Å². The molecule has 0 aliphatic carbocycles. The third-order valence-corrected chi connectivity index (χ3v) is 5.01. The van der Waals surface area contributed by atoms with Crippen LogP contribution in [-0.4, -0.2) is 34.8 Å². The van der Waals surface area contributed by atoms with Crippen molar-refractivity contribution in [3.63, 3.8) is 0 Å². The lowest BCUT2D eigenvalue weighted by molar-refractivity contribution is -0.119. The van der Waals surface area contributed by atoms with Crippen molar-refractivity contribution < 1.29 is 4.79 Å². The molecule has 2 atom stereocenters.